The minimum atomic E-state index is -0.508. The van der Waals surface area contributed by atoms with Gasteiger partial charge >= 0.3 is 0 Å². The number of carbonyl (C=O) groups is 1. The molecule has 0 fully saturated rings. The van der Waals surface area contributed by atoms with Crippen LogP contribution in [0.1, 0.15) is 6.42 Å². The van der Waals surface area contributed by atoms with E-state index >= 15 is 0 Å². The molecule has 0 amide bonds. The van der Waals surface area contributed by atoms with Crippen LogP contribution < -0.4 is 5.73 Å². The highest BCUT2D eigenvalue weighted by molar-refractivity contribution is 5.96. The van der Waals surface area contributed by atoms with Crippen LogP contribution in [0.3, 0.4) is 0 Å². The molecule has 0 radical (unpaired) electrons. The lowest BCUT2D eigenvalue weighted by molar-refractivity contribution is -0.118. The zero-order chi connectivity index (χ0) is 7.72. The number of ketones is 1. The van der Waals surface area contributed by atoms with Crippen molar-refractivity contribution >= 4 is 5.78 Å². The molecule has 0 bridgehead atoms. The zero-order valence-corrected chi connectivity index (χ0v) is 5.16. The minimum absolute atomic E-state index is 0.0529. The standard InChI is InChI=1S/C6H7NO3/c7-3-1-5(9)6(10)2-4(3)8/h1,8-9H,2,7H2. The van der Waals surface area contributed by atoms with Gasteiger partial charge in [0, 0.05) is 6.08 Å². The summed E-state index contributed by atoms with van der Waals surface area (Å²) >= 11 is 0. The van der Waals surface area contributed by atoms with Gasteiger partial charge in [0.15, 0.2) is 5.76 Å². The largest absolute Gasteiger partial charge is 0.510 e. The summed E-state index contributed by atoms with van der Waals surface area (Å²) in [6.07, 6.45) is 0.843. The molecule has 0 aromatic rings. The molecule has 10 heavy (non-hydrogen) atoms. The highest BCUT2D eigenvalue weighted by Gasteiger charge is 2.17. The molecule has 0 heterocycles. The maximum absolute atomic E-state index is 10.6. The lowest BCUT2D eigenvalue weighted by Crippen LogP contribution is -2.14. The minimum Gasteiger partial charge on any atom is -0.510 e. The van der Waals surface area contributed by atoms with Crippen LogP contribution in [0.4, 0.5) is 0 Å². The lowest BCUT2D eigenvalue weighted by atomic mass is 10.1. The van der Waals surface area contributed by atoms with E-state index in [1.54, 1.807) is 0 Å². The lowest BCUT2D eigenvalue weighted by Gasteiger charge is -2.07. The van der Waals surface area contributed by atoms with Crippen LogP contribution in [0.25, 0.3) is 0 Å². The van der Waals surface area contributed by atoms with Crippen LogP contribution in [0.15, 0.2) is 23.3 Å². The number of aliphatic hydroxyl groups is 2. The summed E-state index contributed by atoms with van der Waals surface area (Å²) in [6.45, 7) is 0. The highest BCUT2D eigenvalue weighted by Crippen LogP contribution is 2.13. The zero-order valence-electron chi connectivity index (χ0n) is 5.16. The number of rotatable bonds is 0. The number of aliphatic hydroxyl groups excluding tert-OH is 2. The fourth-order valence-electron chi connectivity index (χ4n) is 0.656. The number of nitrogens with two attached hydrogens (primary N) is 1. The predicted molar refractivity (Wildman–Crippen MR) is 34.2 cm³/mol. The Kier molecular flexibility index (Phi) is 1.37. The van der Waals surface area contributed by atoms with Crippen LogP contribution in [-0.4, -0.2) is 16.0 Å². The van der Waals surface area contributed by atoms with Crippen LogP contribution >= 0.6 is 0 Å². The van der Waals surface area contributed by atoms with Crippen molar-refractivity contribution in [3.8, 4) is 0 Å². The molecule has 54 valence electrons. The molecule has 1 rings (SSSR count). The van der Waals surface area contributed by atoms with E-state index in [0.29, 0.717) is 0 Å². The summed E-state index contributed by atoms with van der Waals surface area (Å²) in [7, 11) is 0. The second kappa shape index (κ2) is 2.06. The topological polar surface area (TPSA) is 83.5 Å². The Morgan fingerprint density at radius 1 is 1.50 bits per heavy atom. The van der Waals surface area contributed by atoms with Crippen molar-refractivity contribution in [2.24, 2.45) is 5.73 Å². The summed E-state index contributed by atoms with van der Waals surface area (Å²) in [4.78, 5) is 10.6. The fourth-order valence-corrected chi connectivity index (χ4v) is 0.656. The van der Waals surface area contributed by atoms with E-state index in [2.05, 4.69) is 0 Å². The molecular weight excluding hydrogens is 134 g/mol. The molecule has 4 N–H and O–H groups in total. The number of allylic oxidation sites excluding steroid dienone is 3. The fraction of sp³-hybridized carbons (Fsp3) is 0.167. The third-order valence-electron chi connectivity index (χ3n) is 1.24. The van der Waals surface area contributed by atoms with E-state index in [1.807, 2.05) is 0 Å². The molecule has 0 spiro atoms. The molecule has 0 aliphatic heterocycles. The highest BCUT2D eigenvalue weighted by atomic mass is 16.3. The molecule has 0 aromatic carbocycles. The van der Waals surface area contributed by atoms with E-state index in [0.717, 1.165) is 6.08 Å². The molecule has 0 aromatic heterocycles. The van der Waals surface area contributed by atoms with Gasteiger partial charge in [-0.15, -0.1) is 0 Å². The van der Waals surface area contributed by atoms with Crippen molar-refractivity contribution in [1.29, 1.82) is 0 Å². The maximum atomic E-state index is 10.6. The Bertz CT molecular complexity index is 239. The second-order valence-corrected chi connectivity index (χ2v) is 2.03. The van der Waals surface area contributed by atoms with Gasteiger partial charge in [-0.1, -0.05) is 0 Å². The van der Waals surface area contributed by atoms with E-state index in [4.69, 9.17) is 15.9 Å². The first kappa shape index (κ1) is 6.67. The van der Waals surface area contributed by atoms with Gasteiger partial charge in [0.05, 0.1) is 12.1 Å². The van der Waals surface area contributed by atoms with Crippen molar-refractivity contribution in [2.75, 3.05) is 0 Å². The van der Waals surface area contributed by atoms with Gasteiger partial charge in [-0.05, 0) is 0 Å². The van der Waals surface area contributed by atoms with Gasteiger partial charge in [0.1, 0.15) is 5.76 Å². The van der Waals surface area contributed by atoms with Gasteiger partial charge in [0.2, 0.25) is 5.78 Å². The van der Waals surface area contributed by atoms with Crippen molar-refractivity contribution in [1.82, 2.24) is 0 Å². The molecule has 0 unspecified atom stereocenters. The van der Waals surface area contributed by atoms with Crippen molar-refractivity contribution in [3.05, 3.63) is 23.3 Å². The summed E-state index contributed by atoms with van der Waals surface area (Å²) in [6, 6.07) is 0. The van der Waals surface area contributed by atoms with Crippen LogP contribution in [0, 0.1) is 0 Å². The summed E-state index contributed by atoms with van der Waals surface area (Å²) in [5.74, 6) is -1.08. The number of Topliss-reactive ketones (excluding diaryl/α,β-unsaturated/α-hetero) is 1. The molecule has 0 atom stereocenters. The summed E-state index contributed by atoms with van der Waals surface area (Å²) in [5.41, 5.74) is 5.22. The van der Waals surface area contributed by atoms with Gasteiger partial charge in [-0.3, -0.25) is 4.79 Å². The predicted octanol–water partition coefficient (Wildman–Crippen LogP) is 0.129. The Labute approximate surface area is 57.3 Å². The smallest absolute Gasteiger partial charge is 0.204 e. The molecular formula is C6H7NO3. The van der Waals surface area contributed by atoms with E-state index in [-0.39, 0.29) is 17.9 Å². The van der Waals surface area contributed by atoms with Crippen LogP contribution in [-0.2, 0) is 4.79 Å². The Morgan fingerprint density at radius 3 is 2.60 bits per heavy atom. The van der Waals surface area contributed by atoms with Crippen molar-refractivity contribution in [2.45, 2.75) is 6.42 Å². The normalized spacial score (nSPS) is 19.2. The molecule has 1 aliphatic rings. The molecule has 0 saturated carbocycles. The molecule has 1 aliphatic carbocycles. The van der Waals surface area contributed by atoms with Crippen LogP contribution in [0.2, 0.25) is 0 Å². The number of hydrogen-bond donors (Lipinski definition) is 3. The van der Waals surface area contributed by atoms with Crippen LogP contribution in [0.5, 0.6) is 0 Å². The van der Waals surface area contributed by atoms with Crippen molar-refractivity contribution < 1.29 is 15.0 Å². The number of hydrogen-bond acceptors (Lipinski definition) is 4. The van der Waals surface area contributed by atoms with Gasteiger partial charge in [-0.2, -0.15) is 0 Å². The molecule has 0 saturated heterocycles. The third-order valence-corrected chi connectivity index (χ3v) is 1.24. The molecule has 4 heteroatoms. The first-order valence-corrected chi connectivity index (χ1v) is 2.72. The second-order valence-electron chi connectivity index (χ2n) is 2.03. The quantitative estimate of drug-likeness (QED) is 0.447. The Balaban J connectivity index is 2.99. The number of carbonyl (C=O) groups excluding carboxylic acids is 1. The monoisotopic (exact) mass is 141 g/mol. The van der Waals surface area contributed by atoms with Crippen molar-refractivity contribution in [3.63, 3.8) is 0 Å². The van der Waals surface area contributed by atoms with Gasteiger partial charge < -0.3 is 15.9 Å². The average Bonchev–Trinajstić information content (AvgIpc) is 1.84. The Morgan fingerprint density at radius 2 is 2.10 bits per heavy atom. The third kappa shape index (κ3) is 0.953. The summed E-state index contributed by atoms with van der Waals surface area (Å²) in [5, 5.41) is 17.6. The first-order valence-electron chi connectivity index (χ1n) is 2.72. The molecule has 4 nitrogen and oxygen atoms in total. The maximum Gasteiger partial charge on any atom is 0.204 e. The van der Waals surface area contributed by atoms with E-state index in [9.17, 15) is 4.79 Å². The first-order chi connectivity index (χ1) is 4.61. The average molecular weight is 141 g/mol. The SMILES string of the molecule is NC1=C(O)CC(=O)C(O)=C1. The van der Waals surface area contributed by atoms with E-state index in [1.165, 1.54) is 0 Å². The van der Waals surface area contributed by atoms with Gasteiger partial charge in [-0.25, -0.2) is 0 Å². The van der Waals surface area contributed by atoms with E-state index < -0.39 is 11.5 Å². The summed E-state index contributed by atoms with van der Waals surface area (Å²) < 4.78 is 0. The van der Waals surface area contributed by atoms with Gasteiger partial charge in [0.25, 0.3) is 0 Å². The Hall–Kier alpha value is -1.45.